The summed E-state index contributed by atoms with van der Waals surface area (Å²) in [6, 6.07) is 14.8. The highest BCUT2D eigenvalue weighted by Gasteiger charge is 2.36. The highest BCUT2D eigenvalue weighted by atomic mass is 16.5. The highest BCUT2D eigenvalue weighted by Crippen LogP contribution is 2.32. The summed E-state index contributed by atoms with van der Waals surface area (Å²) >= 11 is 0. The van der Waals surface area contributed by atoms with Gasteiger partial charge in [-0.15, -0.1) is 0 Å². The van der Waals surface area contributed by atoms with E-state index in [-0.39, 0.29) is 23.3 Å². The summed E-state index contributed by atoms with van der Waals surface area (Å²) in [6.45, 7) is 10.6. The SMILES string of the molecule is CC1CN(c2cc(=O)n(C)c3ncccc23)CC(CN2CC(c3ccc(N4CC(C)(N)C4)cc3)C2)O1. The molecule has 2 N–H and O–H groups in total. The smallest absolute Gasteiger partial charge is 0.253 e. The van der Waals surface area contributed by atoms with E-state index in [1.54, 1.807) is 23.9 Å². The first kappa shape index (κ1) is 23.5. The van der Waals surface area contributed by atoms with E-state index in [2.05, 4.69) is 57.8 Å². The number of fused-ring (bicyclic) bond motifs is 1. The van der Waals surface area contributed by atoms with Crippen LogP contribution < -0.4 is 21.1 Å². The number of rotatable bonds is 5. The number of anilines is 2. The molecule has 2 unspecified atom stereocenters. The average molecular weight is 489 g/mol. The van der Waals surface area contributed by atoms with Gasteiger partial charge >= 0.3 is 0 Å². The first-order valence-corrected chi connectivity index (χ1v) is 13.0. The van der Waals surface area contributed by atoms with Gasteiger partial charge in [-0.2, -0.15) is 0 Å². The summed E-state index contributed by atoms with van der Waals surface area (Å²) in [4.78, 5) is 24.2. The molecule has 8 heteroatoms. The van der Waals surface area contributed by atoms with Gasteiger partial charge in [-0.25, -0.2) is 4.98 Å². The zero-order valence-corrected chi connectivity index (χ0v) is 21.4. The lowest BCUT2D eigenvalue weighted by molar-refractivity contribution is -0.0434. The minimum atomic E-state index is -0.0545. The molecule has 3 aromatic rings. The van der Waals surface area contributed by atoms with Crippen molar-refractivity contribution in [1.82, 2.24) is 14.5 Å². The molecule has 0 saturated carbocycles. The van der Waals surface area contributed by atoms with Crippen LogP contribution in [0.5, 0.6) is 0 Å². The number of pyridine rings is 2. The minimum Gasteiger partial charge on any atom is -0.370 e. The van der Waals surface area contributed by atoms with E-state index in [4.69, 9.17) is 10.5 Å². The summed E-state index contributed by atoms with van der Waals surface area (Å²) in [7, 11) is 1.78. The van der Waals surface area contributed by atoms with E-state index in [0.29, 0.717) is 5.92 Å². The van der Waals surface area contributed by atoms with Crippen molar-refractivity contribution in [3.63, 3.8) is 0 Å². The first-order valence-electron chi connectivity index (χ1n) is 13.0. The van der Waals surface area contributed by atoms with Crippen LogP contribution in [0.2, 0.25) is 0 Å². The minimum absolute atomic E-state index is 0.0327. The second kappa shape index (κ2) is 8.87. The zero-order chi connectivity index (χ0) is 25.0. The van der Waals surface area contributed by atoms with Gasteiger partial charge in [0.1, 0.15) is 5.65 Å². The van der Waals surface area contributed by atoms with Gasteiger partial charge in [0, 0.05) is 87.7 Å². The number of hydrogen-bond donors (Lipinski definition) is 1. The van der Waals surface area contributed by atoms with Crippen LogP contribution >= 0.6 is 0 Å². The Balaban J connectivity index is 1.08. The van der Waals surface area contributed by atoms with Crippen LogP contribution in [0.15, 0.2) is 53.5 Å². The molecule has 1 aromatic carbocycles. The molecule has 0 aliphatic carbocycles. The van der Waals surface area contributed by atoms with Crippen molar-refractivity contribution in [2.24, 2.45) is 12.8 Å². The van der Waals surface area contributed by atoms with Gasteiger partial charge in [0.2, 0.25) is 0 Å². The number of benzene rings is 1. The molecule has 2 aromatic heterocycles. The van der Waals surface area contributed by atoms with Crippen LogP contribution in [-0.4, -0.2) is 78.0 Å². The first-order chi connectivity index (χ1) is 17.3. The van der Waals surface area contributed by atoms with E-state index in [1.165, 1.54) is 11.3 Å². The van der Waals surface area contributed by atoms with Gasteiger partial charge in [0.15, 0.2) is 0 Å². The fourth-order valence-electron chi connectivity index (χ4n) is 6.05. The van der Waals surface area contributed by atoms with Crippen LogP contribution in [0, 0.1) is 0 Å². The number of aryl methyl sites for hydroxylation is 1. The van der Waals surface area contributed by atoms with Gasteiger partial charge in [-0.3, -0.25) is 14.3 Å². The molecule has 5 heterocycles. The third-order valence-electron chi connectivity index (χ3n) is 7.89. The summed E-state index contributed by atoms with van der Waals surface area (Å²) in [5.41, 5.74) is 10.4. The Kier molecular flexibility index (Phi) is 5.78. The van der Waals surface area contributed by atoms with Crippen molar-refractivity contribution in [2.45, 2.75) is 37.5 Å². The number of hydrogen-bond acceptors (Lipinski definition) is 7. The van der Waals surface area contributed by atoms with E-state index in [0.717, 1.165) is 62.5 Å². The van der Waals surface area contributed by atoms with E-state index in [1.807, 2.05) is 12.1 Å². The van der Waals surface area contributed by atoms with E-state index < -0.39 is 0 Å². The number of aromatic nitrogens is 2. The van der Waals surface area contributed by atoms with Crippen molar-refractivity contribution < 1.29 is 4.74 Å². The topological polar surface area (TPSA) is 79.9 Å². The summed E-state index contributed by atoms with van der Waals surface area (Å²) in [5, 5.41) is 1.01. The van der Waals surface area contributed by atoms with Crippen molar-refractivity contribution >= 4 is 22.4 Å². The molecular formula is C28H36N6O2. The lowest BCUT2D eigenvalue weighted by Gasteiger charge is -2.47. The average Bonchev–Trinajstić information content (AvgIpc) is 2.82. The molecule has 0 bridgehead atoms. The van der Waals surface area contributed by atoms with Crippen LogP contribution in [0.3, 0.4) is 0 Å². The molecule has 0 amide bonds. The van der Waals surface area contributed by atoms with Gasteiger partial charge in [-0.1, -0.05) is 12.1 Å². The van der Waals surface area contributed by atoms with Gasteiger partial charge in [-0.05, 0) is 43.7 Å². The van der Waals surface area contributed by atoms with Crippen LogP contribution in [0.1, 0.15) is 25.3 Å². The maximum atomic E-state index is 12.6. The molecule has 6 rings (SSSR count). The zero-order valence-electron chi connectivity index (χ0n) is 21.4. The molecule has 3 aliphatic heterocycles. The van der Waals surface area contributed by atoms with Gasteiger partial charge in [0.25, 0.3) is 5.56 Å². The summed E-state index contributed by atoms with van der Waals surface area (Å²) in [6.07, 6.45) is 1.94. The van der Waals surface area contributed by atoms with Crippen LogP contribution in [-0.2, 0) is 11.8 Å². The Bertz CT molecular complexity index is 1310. The molecule has 3 aliphatic rings. The van der Waals surface area contributed by atoms with E-state index >= 15 is 0 Å². The summed E-state index contributed by atoms with van der Waals surface area (Å²) in [5.74, 6) is 0.569. The molecule has 0 spiro atoms. The Labute approximate surface area is 212 Å². The van der Waals surface area contributed by atoms with Crippen molar-refractivity contribution in [3.05, 3.63) is 64.6 Å². The van der Waals surface area contributed by atoms with E-state index in [9.17, 15) is 4.79 Å². The fraction of sp³-hybridized carbons (Fsp3) is 0.500. The van der Waals surface area contributed by atoms with Gasteiger partial charge in [0.05, 0.1) is 17.9 Å². The Morgan fingerprint density at radius 2 is 1.83 bits per heavy atom. The molecular weight excluding hydrogens is 452 g/mol. The number of nitrogens with zero attached hydrogens (tertiary/aromatic N) is 5. The molecule has 190 valence electrons. The van der Waals surface area contributed by atoms with Gasteiger partial charge < -0.3 is 20.3 Å². The number of morpholine rings is 1. The third-order valence-corrected chi connectivity index (χ3v) is 7.89. The number of likely N-dealkylation sites (tertiary alicyclic amines) is 1. The maximum Gasteiger partial charge on any atom is 0.253 e. The highest BCUT2D eigenvalue weighted by molar-refractivity contribution is 5.89. The van der Waals surface area contributed by atoms with Crippen LogP contribution in [0.4, 0.5) is 11.4 Å². The predicted molar refractivity (Wildman–Crippen MR) is 144 cm³/mol. The molecule has 3 fully saturated rings. The second-order valence-corrected chi connectivity index (χ2v) is 11.3. The van der Waals surface area contributed by atoms with Crippen molar-refractivity contribution in [2.75, 3.05) is 55.6 Å². The molecule has 0 radical (unpaired) electrons. The molecule has 3 saturated heterocycles. The number of nitrogens with two attached hydrogens (primary N) is 1. The largest absolute Gasteiger partial charge is 0.370 e. The summed E-state index contributed by atoms with van der Waals surface area (Å²) < 4.78 is 7.95. The monoisotopic (exact) mass is 488 g/mol. The fourth-order valence-corrected chi connectivity index (χ4v) is 6.05. The lowest BCUT2D eigenvalue weighted by atomic mass is 9.89. The Morgan fingerprint density at radius 1 is 1.08 bits per heavy atom. The van der Waals surface area contributed by atoms with Crippen LogP contribution in [0.25, 0.3) is 11.0 Å². The lowest BCUT2D eigenvalue weighted by Crippen LogP contribution is -2.65. The molecule has 2 atom stereocenters. The number of ether oxygens (including phenoxy) is 1. The quantitative estimate of drug-likeness (QED) is 0.590. The maximum absolute atomic E-state index is 12.6. The molecule has 36 heavy (non-hydrogen) atoms. The second-order valence-electron chi connectivity index (χ2n) is 11.3. The molecule has 8 nitrogen and oxygen atoms in total. The van der Waals surface area contributed by atoms with Crippen molar-refractivity contribution in [1.29, 1.82) is 0 Å². The standard InChI is InChI=1S/C28H36N6O2/c1-19-12-33(25-11-26(35)31(3)27-24(25)5-4-10-30-27)16-23(36-19)15-32-13-21(14-32)20-6-8-22(9-7-20)34-17-28(2,29)18-34/h4-11,19,21,23H,12-18,29H2,1-3H3. The normalized spacial score (nSPS) is 24.6. The Hall–Kier alpha value is -2.94. The third kappa shape index (κ3) is 4.38. The Morgan fingerprint density at radius 3 is 2.56 bits per heavy atom. The predicted octanol–water partition coefficient (Wildman–Crippen LogP) is 2.16. The van der Waals surface area contributed by atoms with Crippen molar-refractivity contribution in [3.8, 4) is 0 Å².